The van der Waals surface area contributed by atoms with Crippen molar-refractivity contribution in [2.45, 2.75) is 72.6 Å². The molecule has 0 aliphatic heterocycles. The van der Waals surface area contributed by atoms with Crippen LogP contribution in [0.3, 0.4) is 0 Å². The number of nitrogens with zero attached hydrogens (tertiary/aromatic N) is 4. The molecule has 0 atom stereocenters. The Morgan fingerprint density at radius 1 is 0.722 bits per heavy atom. The van der Waals surface area contributed by atoms with Crippen molar-refractivity contribution in [2.75, 3.05) is 0 Å². The normalized spacial score (nSPS) is 11.6. The van der Waals surface area contributed by atoms with Gasteiger partial charge in [-0.25, -0.2) is 0 Å². The zero-order chi connectivity index (χ0) is 25.2. The van der Waals surface area contributed by atoms with Gasteiger partial charge >= 0.3 is 222 Å². The summed E-state index contributed by atoms with van der Waals surface area (Å²) in [4.78, 5) is 14.0. The van der Waals surface area contributed by atoms with Crippen molar-refractivity contribution < 1.29 is 0 Å². The van der Waals surface area contributed by atoms with E-state index < -0.39 is 18.4 Å². The van der Waals surface area contributed by atoms with Gasteiger partial charge < -0.3 is 0 Å². The van der Waals surface area contributed by atoms with E-state index in [1.807, 2.05) is 42.9 Å². The van der Waals surface area contributed by atoms with E-state index in [1.165, 1.54) is 51.8 Å². The number of imidazole rings is 1. The second kappa shape index (κ2) is 13.2. The predicted molar refractivity (Wildman–Crippen MR) is 155 cm³/mol. The van der Waals surface area contributed by atoms with E-state index in [1.54, 1.807) is 3.58 Å². The van der Waals surface area contributed by atoms with Crippen LogP contribution in [0.1, 0.15) is 59.3 Å². The molecule has 0 N–H and O–H groups in total. The average molecular weight is 587 g/mol. The van der Waals surface area contributed by atoms with Gasteiger partial charge in [-0.1, -0.05) is 0 Å². The standard InChI is InChI=1S/C19H13N4.3C4H9.Sn/c1-2-7-15(8-3-1)19-22-18(17-10-4-5-12-21-17)14-23(19)16-9-6-11-20-13-16;3*1-3-4-2;/h2-14H;3*1,3-4H2,2H3;. The Morgan fingerprint density at radius 3 is 1.97 bits per heavy atom. The quantitative estimate of drug-likeness (QED) is 0.149. The topological polar surface area (TPSA) is 43.6 Å². The molecule has 3 heterocycles. The monoisotopic (exact) mass is 588 g/mol. The van der Waals surface area contributed by atoms with Crippen LogP contribution in [-0.2, 0) is 0 Å². The van der Waals surface area contributed by atoms with Crippen molar-refractivity contribution in [2.24, 2.45) is 0 Å². The van der Waals surface area contributed by atoms with Gasteiger partial charge in [0.05, 0.1) is 0 Å². The first-order valence-electron chi connectivity index (χ1n) is 13.7. The number of benzene rings is 1. The van der Waals surface area contributed by atoms with Crippen molar-refractivity contribution in [1.29, 1.82) is 0 Å². The van der Waals surface area contributed by atoms with Crippen LogP contribution in [0.15, 0.2) is 79.4 Å². The summed E-state index contributed by atoms with van der Waals surface area (Å²) in [7, 11) is 0. The van der Waals surface area contributed by atoms with Gasteiger partial charge in [0.25, 0.3) is 0 Å². The molecular formula is C31H40N4Sn. The summed E-state index contributed by atoms with van der Waals surface area (Å²) in [5.74, 6) is 0.937. The molecule has 0 amide bonds. The molecule has 188 valence electrons. The maximum atomic E-state index is 5.06. The summed E-state index contributed by atoms with van der Waals surface area (Å²) in [5, 5.41) is 0. The third kappa shape index (κ3) is 6.26. The second-order valence-electron chi connectivity index (χ2n) is 9.91. The molecule has 5 heteroatoms. The Bertz CT molecular complexity index is 1160. The van der Waals surface area contributed by atoms with Gasteiger partial charge in [-0.15, -0.1) is 0 Å². The fraction of sp³-hybridized carbons (Fsp3) is 0.387. The molecule has 0 bridgehead atoms. The predicted octanol–water partition coefficient (Wildman–Crippen LogP) is 8.05. The van der Waals surface area contributed by atoms with E-state index in [0.717, 1.165) is 28.5 Å². The summed E-state index contributed by atoms with van der Waals surface area (Å²) in [5.41, 5.74) is 3.91. The molecule has 0 aliphatic rings. The Balaban J connectivity index is 1.75. The average Bonchev–Trinajstić information content (AvgIpc) is 3.40. The molecule has 36 heavy (non-hydrogen) atoms. The first kappa shape index (κ1) is 26.6. The number of pyridine rings is 2. The Hall–Kier alpha value is -2.47. The van der Waals surface area contributed by atoms with Gasteiger partial charge in [0, 0.05) is 0 Å². The Kier molecular flexibility index (Phi) is 9.74. The van der Waals surface area contributed by atoms with Crippen LogP contribution in [0, 0.1) is 0 Å². The Morgan fingerprint density at radius 2 is 1.42 bits per heavy atom. The summed E-state index contributed by atoms with van der Waals surface area (Å²) in [6, 6.07) is 19.6. The van der Waals surface area contributed by atoms with Gasteiger partial charge in [0.15, 0.2) is 0 Å². The summed E-state index contributed by atoms with van der Waals surface area (Å²) in [6.45, 7) is 7.03. The van der Waals surface area contributed by atoms with Crippen molar-refractivity contribution in [3.05, 3.63) is 79.4 Å². The number of rotatable bonds is 13. The number of hydrogen-bond donors (Lipinski definition) is 0. The summed E-state index contributed by atoms with van der Waals surface area (Å²) >= 11 is -2.46. The van der Waals surface area contributed by atoms with Crippen LogP contribution in [-0.4, -0.2) is 37.9 Å². The number of aromatic nitrogens is 4. The third-order valence-electron chi connectivity index (χ3n) is 7.34. The van der Waals surface area contributed by atoms with Crippen LogP contribution in [0.4, 0.5) is 0 Å². The number of unbranched alkanes of at least 4 members (excludes halogenated alkanes) is 3. The molecule has 1 aromatic carbocycles. The van der Waals surface area contributed by atoms with E-state index in [-0.39, 0.29) is 0 Å². The molecule has 0 aliphatic carbocycles. The molecule has 4 rings (SSSR count). The molecule has 4 aromatic rings. The van der Waals surface area contributed by atoms with E-state index in [2.05, 4.69) is 71.8 Å². The van der Waals surface area contributed by atoms with Crippen molar-refractivity contribution in [3.8, 4) is 28.5 Å². The fourth-order valence-corrected chi connectivity index (χ4v) is 21.2. The maximum absolute atomic E-state index is 5.06. The first-order valence-corrected chi connectivity index (χ1v) is 21.2. The molecular weight excluding hydrogens is 547 g/mol. The van der Waals surface area contributed by atoms with Gasteiger partial charge in [-0.05, 0) is 0 Å². The van der Waals surface area contributed by atoms with E-state index in [4.69, 9.17) is 4.98 Å². The summed E-state index contributed by atoms with van der Waals surface area (Å²) in [6.07, 6.45) is 15.6. The molecule has 4 nitrogen and oxygen atoms in total. The van der Waals surface area contributed by atoms with Gasteiger partial charge in [0.2, 0.25) is 0 Å². The third-order valence-corrected chi connectivity index (χ3v) is 23.0. The zero-order valence-electron chi connectivity index (χ0n) is 22.2. The van der Waals surface area contributed by atoms with Crippen LogP contribution in [0.5, 0.6) is 0 Å². The molecule has 0 fully saturated rings. The van der Waals surface area contributed by atoms with Crippen molar-refractivity contribution >= 4 is 22.0 Å². The fourth-order valence-electron chi connectivity index (χ4n) is 5.24. The van der Waals surface area contributed by atoms with Gasteiger partial charge in [0.1, 0.15) is 0 Å². The van der Waals surface area contributed by atoms with Crippen molar-refractivity contribution in [3.63, 3.8) is 0 Å². The molecule has 0 unspecified atom stereocenters. The zero-order valence-corrected chi connectivity index (χ0v) is 25.0. The van der Waals surface area contributed by atoms with E-state index in [0.29, 0.717) is 0 Å². The van der Waals surface area contributed by atoms with Crippen molar-refractivity contribution in [1.82, 2.24) is 19.5 Å². The summed E-state index contributed by atoms with van der Waals surface area (Å²) < 4.78 is 8.30. The number of hydrogen-bond acceptors (Lipinski definition) is 3. The first-order chi connectivity index (χ1) is 17.7. The molecule has 0 saturated carbocycles. The van der Waals surface area contributed by atoms with Crippen LogP contribution < -0.4 is 3.58 Å². The van der Waals surface area contributed by atoms with E-state index >= 15 is 0 Å². The van der Waals surface area contributed by atoms with E-state index in [9.17, 15) is 0 Å². The molecule has 0 saturated heterocycles. The second-order valence-corrected chi connectivity index (χ2v) is 23.2. The SMILES string of the molecule is CCC[CH2][Sn]([CH2]CCC)([CH2]CCC)[c]1ccc(-c2nc(-c3ccccn3)cn2-c2cccnc2)cc1. The van der Waals surface area contributed by atoms with Crippen LogP contribution in [0.25, 0.3) is 28.5 Å². The minimum atomic E-state index is -2.46. The molecule has 0 spiro atoms. The molecule has 3 aromatic heterocycles. The van der Waals surface area contributed by atoms with Gasteiger partial charge in [-0.2, -0.15) is 0 Å². The van der Waals surface area contributed by atoms with Gasteiger partial charge in [-0.3, -0.25) is 0 Å². The van der Waals surface area contributed by atoms with Crippen LogP contribution >= 0.6 is 0 Å². The molecule has 0 radical (unpaired) electrons. The van der Waals surface area contributed by atoms with Crippen LogP contribution in [0.2, 0.25) is 13.3 Å². The Labute approximate surface area is 221 Å². The minimum absolute atomic E-state index is 0.876.